The number of hydrogen-bond donors (Lipinski definition) is 1. The minimum Gasteiger partial charge on any atom is -0.360 e. The fraction of sp³-hybridized carbons (Fsp3) is 0.0952. The van der Waals surface area contributed by atoms with Crippen LogP contribution >= 0.6 is 11.6 Å². The second-order valence-corrected chi connectivity index (χ2v) is 6.69. The highest BCUT2D eigenvalue weighted by Crippen LogP contribution is 2.31. The molecule has 1 N–H and O–H groups in total. The molecule has 0 aliphatic carbocycles. The molecule has 1 amide bonds. The van der Waals surface area contributed by atoms with Crippen LogP contribution in [-0.4, -0.2) is 20.8 Å². The number of rotatable bonds is 5. The molecule has 0 radical (unpaired) electrons. The quantitative estimate of drug-likeness (QED) is 0.529. The molecule has 0 atom stereocenters. The van der Waals surface area contributed by atoms with Crippen molar-refractivity contribution in [3.8, 4) is 11.3 Å². The predicted molar refractivity (Wildman–Crippen MR) is 107 cm³/mol. The maximum atomic E-state index is 12.9. The van der Waals surface area contributed by atoms with E-state index < -0.39 is 0 Å². The standard InChI is InChI=1S/C21H17ClN4O2/c1-14-19(20(25-28-14)16-9-5-6-10-17(16)22)21(27)23-18-11-12-26(24-18)13-15-7-3-2-4-8-15/h2-12H,13H2,1H3,(H,23,24,27). The first-order valence-electron chi connectivity index (χ1n) is 8.72. The molecule has 28 heavy (non-hydrogen) atoms. The van der Waals surface area contributed by atoms with Crippen molar-refractivity contribution in [3.05, 3.63) is 88.8 Å². The van der Waals surface area contributed by atoms with E-state index in [4.69, 9.17) is 16.1 Å². The summed E-state index contributed by atoms with van der Waals surface area (Å²) in [5.41, 5.74) is 2.51. The first kappa shape index (κ1) is 18.0. The van der Waals surface area contributed by atoms with Crippen molar-refractivity contribution in [3.63, 3.8) is 0 Å². The van der Waals surface area contributed by atoms with E-state index in [-0.39, 0.29) is 5.91 Å². The predicted octanol–water partition coefficient (Wildman–Crippen LogP) is 4.80. The number of aromatic nitrogens is 3. The fourth-order valence-corrected chi connectivity index (χ4v) is 3.17. The van der Waals surface area contributed by atoms with Crippen LogP contribution in [-0.2, 0) is 6.54 Å². The van der Waals surface area contributed by atoms with Gasteiger partial charge in [0.05, 0.1) is 11.6 Å². The molecule has 0 aliphatic rings. The Hall–Kier alpha value is -3.38. The minimum atomic E-state index is -0.348. The summed E-state index contributed by atoms with van der Waals surface area (Å²) in [4.78, 5) is 12.9. The van der Waals surface area contributed by atoms with Gasteiger partial charge in [0.15, 0.2) is 5.82 Å². The maximum Gasteiger partial charge on any atom is 0.262 e. The molecule has 0 fully saturated rings. The van der Waals surface area contributed by atoms with Gasteiger partial charge in [0, 0.05) is 17.8 Å². The number of nitrogens with one attached hydrogen (secondary N) is 1. The molecule has 0 saturated heterocycles. The summed E-state index contributed by atoms with van der Waals surface area (Å²) in [5.74, 6) is 0.515. The Labute approximate surface area is 166 Å². The van der Waals surface area contributed by atoms with Gasteiger partial charge in [0.25, 0.3) is 5.91 Å². The van der Waals surface area contributed by atoms with Gasteiger partial charge in [-0.15, -0.1) is 0 Å². The summed E-state index contributed by atoms with van der Waals surface area (Å²) in [6, 6.07) is 18.9. The Morgan fingerprint density at radius 2 is 1.86 bits per heavy atom. The van der Waals surface area contributed by atoms with E-state index in [1.165, 1.54) is 0 Å². The fourth-order valence-electron chi connectivity index (χ4n) is 2.94. The Bertz CT molecular complexity index is 1120. The van der Waals surface area contributed by atoms with Gasteiger partial charge in [0.1, 0.15) is 17.0 Å². The van der Waals surface area contributed by atoms with Crippen LogP contribution in [0.4, 0.5) is 5.82 Å². The molecule has 2 aromatic carbocycles. The molecule has 0 saturated carbocycles. The van der Waals surface area contributed by atoms with Crippen molar-refractivity contribution < 1.29 is 9.32 Å². The molecule has 0 bridgehead atoms. The zero-order valence-corrected chi connectivity index (χ0v) is 15.8. The van der Waals surface area contributed by atoms with E-state index in [1.54, 1.807) is 29.8 Å². The number of nitrogens with zero attached hydrogens (tertiary/aromatic N) is 3. The van der Waals surface area contributed by atoms with Gasteiger partial charge in [-0.1, -0.05) is 65.3 Å². The molecule has 7 heteroatoms. The van der Waals surface area contributed by atoms with Crippen LogP contribution in [0, 0.1) is 6.92 Å². The molecule has 4 aromatic rings. The Morgan fingerprint density at radius 3 is 2.64 bits per heavy atom. The first-order chi connectivity index (χ1) is 13.6. The normalized spacial score (nSPS) is 10.8. The summed E-state index contributed by atoms with van der Waals surface area (Å²) in [7, 11) is 0. The molecule has 2 heterocycles. The van der Waals surface area contributed by atoms with Crippen LogP contribution in [0.15, 0.2) is 71.4 Å². The maximum absolute atomic E-state index is 12.9. The summed E-state index contributed by atoms with van der Waals surface area (Å²) in [6.07, 6.45) is 1.82. The Kier molecular flexibility index (Phi) is 4.95. The van der Waals surface area contributed by atoms with Crippen molar-refractivity contribution in [1.82, 2.24) is 14.9 Å². The summed E-state index contributed by atoms with van der Waals surface area (Å²) >= 11 is 6.26. The van der Waals surface area contributed by atoms with Gasteiger partial charge >= 0.3 is 0 Å². The van der Waals surface area contributed by atoms with Crippen LogP contribution in [0.3, 0.4) is 0 Å². The van der Waals surface area contributed by atoms with E-state index in [0.29, 0.717) is 40.0 Å². The monoisotopic (exact) mass is 392 g/mol. The molecular weight excluding hydrogens is 376 g/mol. The number of carbonyl (C=O) groups excluding carboxylic acids is 1. The summed E-state index contributed by atoms with van der Waals surface area (Å²) in [6.45, 7) is 2.31. The number of amides is 1. The molecule has 140 valence electrons. The lowest BCUT2D eigenvalue weighted by Crippen LogP contribution is -2.14. The van der Waals surface area contributed by atoms with Crippen molar-refractivity contribution in [2.75, 3.05) is 5.32 Å². The van der Waals surface area contributed by atoms with E-state index in [9.17, 15) is 4.79 Å². The zero-order chi connectivity index (χ0) is 19.5. The second kappa shape index (κ2) is 7.70. The number of anilines is 1. The van der Waals surface area contributed by atoms with Crippen molar-refractivity contribution in [2.24, 2.45) is 0 Å². The van der Waals surface area contributed by atoms with Crippen molar-refractivity contribution in [2.45, 2.75) is 13.5 Å². The molecule has 4 rings (SSSR count). The molecule has 0 aliphatic heterocycles. The lowest BCUT2D eigenvalue weighted by atomic mass is 10.1. The first-order valence-corrected chi connectivity index (χ1v) is 9.09. The third-order valence-corrected chi connectivity index (χ3v) is 4.62. The highest BCUT2D eigenvalue weighted by Gasteiger charge is 2.23. The minimum absolute atomic E-state index is 0.339. The number of benzene rings is 2. The summed E-state index contributed by atoms with van der Waals surface area (Å²) in [5, 5.41) is 11.7. The largest absolute Gasteiger partial charge is 0.360 e. The number of hydrogen-bond acceptors (Lipinski definition) is 4. The third-order valence-electron chi connectivity index (χ3n) is 4.29. The van der Waals surface area contributed by atoms with Gasteiger partial charge in [-0.25, -0.2) is 0 Å². The average molecular weight is 393 g/mol. The second-order valence-electron chi connectivity index (χ2n) is 6.28. The zero-order valence-electron chi connectivity index (χ0n) is 15.1. The van der Waals surface area contributed by atoms with Gasteiger partial charge < -0.3 is 9.84 Å². The molecular formula is C21H17ClN4O2. The van der Waals surface area contributed by atoms with Gasteiger partial charge in [0.2, 0.25) is 0 Å². The van der Waals surface area contributed by atoms with E-state index in [0.717, 1.165) is 5.56 Å². The van der Waals surface area contributed by atoms with Crippen LogP contribution < -0.4 is 5.32 Å². The summed E-state index contributed by atoms with van der Waals surface area (Å²) < 4.78 is 7.02. The Morgan fingerprint density at radius 1 is 1.11 bits per heavy atom. The van der Waals surface area contributed by atoms with Crippen LogP contribution in [0.25, 0.3) is 11.3 Å². The SMILES string of the molecule is Cc1onc(-c2ccccc2Cl)c1C(=O)Nc1ccn(Cc2ccccc2)n1. The average Bonchev–Trinajstić information content (AvgIpc) is 3.29. The van der Waals surface area contributed by atoms with Gasteiger partial charge in [-0.05, 0) is 18.6 Å². The molecule has 2 aromatic heterocycles. The van der Waals surface area contributed by atoms with E-state index in [1.807, 2.05) is 48.7 Å². The molecule has 0 spiro atoms. The number of carbonyl (C=O) groups is 1. The van der Waals surface area contributed by atoms with Crippen molar-refractivity contribution >= 4 is 23.3 Å². The lowest BCUT2D eigenvalue weighted by Gasteiger charge is -2.05. The van der Waals surface area contributed by atoms with E-state index in [2.05, 4.69) is 15.6 Å². The van der Waals surface area contributed by atoms with Gasteiger partial charge in [-0.3, -0.25) is 9.48 Å². The highest BCUT2D eigenvalue weighted by molar-refractivity contribution is 6.33. The number of halogens is 1. The Balaban J connectivity index is 1.55. The number of aryl methyl sites for hydroxylation is 1. The topological polar surface area (TPSA) is 73.0 Å². The smallest absolute Gasteiger partial charge is 0.262 e. The van der Waals surface area contributed by atoms with Crippen LogP contribution in [0.1, 0.15) is 21.7 Å². The lowest BCUT2D eigenvalue weighted by molar-refractivity contribution is 0.102. The third kappa shape index (κ3) is 3.68. The van der Waals surface area contributed by atoms with Gasteiger partial charge in [-0.2, -0.15) is 5.10 Å². The van der Waals surface area contributed by atoms with E-state index >= 15 is 0 Å². The van der Waals surface area contributed by atoms with Crippen LogP contribution in [0.5, 0.6) is 0 Å². The highest BCUT2D eigenvalue weighted by atomic mass is 35.5. The molecule has 0 unspecified atom stereocenters. The molecule has 6 nitrogen and oxygen atoms in total. The van der Waals surface area contributed by atoms with Crippen LogP contribution in [0.2, 0.25) is 5.02 Å². The van der Waals surface area contributed by atoms with Crippen molar-refractivity contribution in [1.29, 1.82) is 0 Å².